The minimum Gasteiger partial charge on any atom is -0.318 e. The van der Waals surface area contributed by atoms with Gasteiger partial charge in [0.2, 0.25) is 0 Å². The summed E-state index contributed by atoms with van der Waals surface area (Å²) in [6.07, 6.45) is 5.61. The molecule has 28 heavy (non-hydrogen) atoms. The maximum Gasteiger partial charge on any atom is 0.200 e. The minimum absolute atomic E-state index is 0.0598. The van der Waals surface area contributed by atoms with Crippen molar-refractivity contribution in [2.24, 2.45) is 7.05 Å². The van der Waals surface area contributed by atoms with Crippen LogP contribution in [0.3, 0.4) is 0 Å². The van der Waals surface area contributed by atoms with Crippen molar-refractivity contribution in [1.29, 1.82) is 0 Å². The molecule has 1 unspecified atom stereocenters. The molecule has 4 aromatic rings. The average Bonchev–Trinajstić information content (AvgIpc) is 3.39. The van der Waals surface area contributed by atoms with Gasteiger partial charge in [0.25, 0.3) is 0 Å². The summed E-state index contributed by atoms with van der Waals surface area (Å²) in [4.78, 5) is 17.8. The second-order valence-corrected chi connectivity index (χ2v) is 9.13. The van der Waals surface area contributed by atoms with Gasteiger partial charge in [-0.3, -0.25) is 4.98 Å². The molecule has 1 atom stereocenters. The van der Waals surface area contributed by atoms with Crippen LogP contribution in [0.15, 0.2) is 43.0 Å². The van der Waals surface area contributed by atoms with Crippen LogP contribution in [0, 0.1) is 0 Å². The van der Waals surface area contributed by atoms with Crippen LogP contribution in [0.2, 0.25) is 0 Å². The lowest BCUT2D eigenvalue weighted by Crippen LogP contribution is -2.14. The summed E-state index contributed by atoms with van der Waals surface area (Å²) < 4.78 is 27.6. The molecule has 0 N–H and O–H groups in total. The van der Waals surface area contributed by atoms with Crippen LogP contribution in [0.1, 0.15) is 12.5 Å². The van der Waals surface area contributed by atoms with E-state index in [0.717, 1.165) is 16.7 Å². The largest absolute Gasteiger partial charge is 0.318 e. The van der Waals surface area contributed by atoms with E-state index in [1.807, 2.05) is 35.9 Å². The highest BCUT2D eigenvalue weighted by Crippen LogP contribution is 2.30. The molecule has 0 radical (unpaired) electrons. The van der Waals surface area contributed by atoms with Crippen LogP contribution in [0.5, 0.6) is 0 Å². The van der Waals surface area contributed by atoms with Crippen molar-refractivity contribution < 1.29 is 8.42 Å². The molecule has 0 saturated carbocycles. The Morgan fingerprint density at radius 3 is 2.82 bits per heavy atom. The summed E-state index contributed by atoms with van der Waals surface area (Å²) in [6, 6.07) is 7.15. The van der Waals surface area contributed by atoms with E-state index in [-0.39, 0.29) is 17.5 Å². The topological polar surface area (TPSA) is 108 Å². The Kier molecular flexibility index (Phi) is 3.76. The first-order valence-corrected chi connectivity index (χ1v) is 10.7. The number of fused-ring (bicyclic) bond motifs is 1. The maximum atomic E-state index is 12.0. The minimum atomic E-state index is -3.06. The number of hydrogen-bond acceptors (Lipinski definition) is 7. The standard InChI is InChI=1S/C18H17N7O2S/c1-24-11-21-15-8-12(9-20-18(15)24)17-22-16(14-4-2-3-6-19-14)23-25(17)13-5-7-28(26,27)10-13/h2-4,6,8-9,11,13H,5,7,10H2,1H3. The van der Waals surface area contributed by atoms with Crippen LogP contribution in [0.25, 0.3) is 34.1 Å². The molecule has 9 nitrogen and oxygen atoms in total. The summed E-state index contributed by atoms with van der Waals surface area (Å²) in [6.45, 7) is 0. The molecule has 0 bridgehead atoms. The molecular formula is C18H17N7O2S. The highest BCUT2D eigenvalue weighted by Gasteiger charge is 2.32. The number of imidazole rings is 1. The fourth-order valence-corrected chi connectivity index (χ4v) is 5.18. The third kappa shape index (κ3) is 2.85. The molecular weight excluding hydrogens is 378 g/mol. The molecule has 1 saturated heterocycles. The quantitative estimate of drug-likeness (QED) is 0.519. The summed E-state index contributed by atoms with van der Waals surface area (Å²) in [5.74, 6) is 1.25. The fourth-order valence-electron chi connectivity index (χ4n) is 3.48. The Morgan fingerprint density at radius 1 is 1.18 bits per heavy atom. The summed E-state index contributed by atoms with van der Waals surface area (Å²) in [7, 11) is -1.18. The predicted molar refractivity (Wildman–Crippen MR) is 103 cm³/mol. The highest BCUT2D eigenvalue weighted by molar-refractivity contribution is 7.91. The molecule has 1 fully saturated rings. The van der Waals surface area contributed by atoms with Crippen molar-refractivity contribution in [2.45, 2.75) is 12.5 Å². The summed E-state index contributed by atoms with van der Waals surface area (Å²) >= 11 is 0. The normalized spacial score (nSPS) is 18.7. The number of aromatic nitrogens is 7. The number of hydrogen-bond donors (Lipinski definition) is 0. The molecule has 1 aliphatic rings. The molecule has 10 heteroatoms. The predicted octanol–water partition coefficient (Wildman–Crippen LogP) is 1.65. The Balaban J connectivity index is 1.67. The van der Waals surface area contributed by atoms with E-state index in [2.05, 4.69) is 25.0 Å². The SMILES string of the molecule is Cn1cnc2cc(-c3nc(-c4ccccn4)nn3C3CCS(=O)(=O)C3)cnc21. The van der Waals surface area contributed by atoms with Crippen LogP contribution in [-0.4, -0.2) is 54.2 Å². The van der Waals surface area contributed by atoms with E-state index in [0.29, 0.717) is 23.8 Å². The van der Waals surface area contributed by atoms with Crippen LogP contribution < -0.4 is 0 Å². The molecule has 1 aliphatic heterocycles. The number of pyridine rings is 2. The van der Waals surface area contributed by atoms with Gasteiger partial charge in [0.15, 0.2) is 27.1 Å². The van der Waals surface area contributed by atoms with Crippen LogP contribution in [-0.2, 0) is 16.9 Å². The van der Waals surface area contributed by atoms with Gasteiger partial charge in [0, 0.05) is 25.0 Å². The third-order valence-corrected chi connectivity index (χ3v) is 6.64. The smallest absolute Gasteiger partial charge is 0.200 e. The van der Waals surface area contributed by atoms with Crippen LogP contribution >= 0.6 is 0 Å². The molecule has 0 aliphatic carbocycles. The molecule has 0 amide bonds. The third-order valence-electron chi connectivity index (χ3n) is 4.89. The lowest BCUT2D eigenvalue weighted by molar-refractivity contribution is 0.505. The van der Waals surface area contributed by atoms with Gasteiger partial charge in [-0.25, -0.2) is 28.1 Å². The van der Waals surface area contributed by atoms with Gasteiger partial charge in [0.1, 0.15) is 11.2 Å². The van der Waals surface area contributed by atoms with Crippen molar-refractivity contribution >= 4 is 21.0 Å². The van der Waals surface area contributed by atoms with Crippen molar-refractivity contribution in [3.63, 3.8) is 0 Å². The van der Waals surface area contributed by atoms with Crippen molar-refractivity contribution in [3.05, 3.63) is 43.0 Å². The zero-order chi connectivity index (χ0) is 19.3. The van der Waals surface area contributed by atoms with E-state index in [4.69, 9.17) is 0 Å². The zero-order valence-corrected chi connectivity index (χ0v) is 15.9. The van der Waals surface area contributed by atoms with Gasteiger partial charge < -0.3 is 4.57 Å². The monoisotopic (exact) mass is 395 g/mol. The lowest BCUT2D eigenvalue weighted by Gasteiger charge is -2.11. The molecule has 5 rings (SSSR count). The van der Waals surface area contributed by atoms with Crippen LogP contribution in [0.4, 0.5) is 0 Å². The first-order chi connectivity index (χ1) is 13.5. The summed E-state index contributed by atoms with van der Waals surface area (Å²) in [5, 5.41) is 4.61. The van der Waals surface area contributed by atoms with Gasteiger partial charge in [-0.2, -0.15) is 0 Å². The molecule has 142 valence electrons. The highest BCUT2D eigenvalue weighted by atomic mass is 32.2. The first-order valence-electron chi connectivity index (χ1n) is 8.86. The number of aryl methyl sites for hydroxylation is 1. The first kappa shape index (κ1) is 17.0. The number of nitrogens with zero attached hydrogens (tertiary/aromatic N) is 7. The van der Waals surface area contributed by atoms with Crippen molar-refractivity contribution in [1.82, 2.24) is 34.3 Å². The Morgan fingerprint density at radius 2 is 2.07 bits per heavy atom. The van der Waals surface area contributed by atoms with Gasteiger partial charge in [0.05, 0.1) is 23.9 Å². The number of sulfone groups is 1. The molecule has 0 aromatic carbocycles. The molecule has 0 spiro atoms. The van der Waals surface area contributed by atoms with Gasteiger partial charge in [-0.15, -0.1) is 5.10 Å². The van der Waals surface area contributed by atoms with Gasteiger partial charge >= 0.3 is 0 Å². The zero-order valence-electron chi connectivity index (χ0n) is 15.1. The van der Waals surface area contributed by atoms with E-state index in [9.17, 15) is 8.42 Å². The average molecular weight is 395 g/mol. The molecule has 5 heterocycles. The Labute approximate surface area is 161 Å². The molecule has 4 aromatic heterocycles. The van der Waals surface area contributed by atoms with Crippen molar-refractivity contribution in [2.75, 3.05) is 11.5 Å². The second kappa shape index (κ2) is 6.20. The Bertz CT molecular complexity index is 1280. The van der Waals surface area contributed by atoms with E-state index in [1.165, 1.54) is 0 Å². The van der Waals surface area contributed by atoms with E-state index >= 15 is 0 Å². The van der Waals surface area contributed by atoms with Gasteiger partial charge in [-0.1, -0.05) is 6.07 Å². The Hall–Kier alpha value is -3.14. The summed E-state index contributed by atoms with van der Waals surface area (Å²) in [5.41, 5.74) is 2.89. The second-order valence-electron chi connectivity index (χ2n) is 6.90. The lowest BCUT2D eigenvalue weighted by atomic mass is 10.2. The van der Waals surface area contributed by atoms with E-state index in [1.54, 1.807) is 23.4 Å². The number of rotatable bonds is 3. The van der Waals surface area contributed by atoms with E-state index < -0.39 is 9.84 Å². The maximum absolute atomic E-state index is 12.0. The fraction of sp³-hybridized carbons (Fsp3) is 0.278. The van der Waals surface area contributed by atoms with Crippen molar-refractivity contribution in [3.8, 4) is 22.9 Å². The van der Waals surface area contributed by atoms with Gasteiger partial charge in [-0.05, 0) is 24.6 Å².